The van der Waals surface area contributed by atoms with Gasteiger partial charge in [0.05, 0.1) is 12.7 Å². The molecule has 2 unspecified atom stereocenters. The molecule has 0 bridgehead atoms. The quantitative estimate of drug-likeness (QED) is 0.852. The molecule has 1 aromatic rings. The molecule has 0 aliphatic carbocycles. The molecule has 1 fully saturated rings. The van der Waals surface area contributed by atoms with Crippen LogP contribution in [0.1, 0.15) is 32.3 Å². The second kappa shape index (κ2) is 7.06. The van der Waals surface area contributed by atoms with Crippen LogP contribution < -0.4 is 5.32 Å². The van der Waals surface area contributed by atoms with Crippen LogP contribution in [0.5, 0.6) is 0 Å². The minimum absolute atomic E-state index is 0.603. The van der Waals surface area contributed by atoms with Gasteiger partial charge in [-0.1, -0.05) is 6.92 Å². The predicted octanol–water partition coefficient (Wildman–Crippen LogP) is 1.90. The number of aryl methyl sites for hydroxylation is 1. The van der Waals surface area contributed by atoms with Gasteiger partial charge >= 0.3 is 0 Å². The van der Waals surface area contributed by atoms with E-state index >= 15 is 0 Å². The minimum atomic E-state index is 0.603. The van der Waals surface area contributed by atoms with Crippen molar-refractivity contribution in [1.29, 1.82) is 0 Å². The summed E-state index contributed by atoms with van der Waals surface area (Å²) in [4.78, 5) is 2.57. The smallest absolute Gasteiger partial charge is 0.0534 e. The van der Waals surface area contributed by atoms with E-state index in [1.54, 1.807) is 0 Å². The molecule has 0 amide bonds. The van der Waals surface area contributed by atoms with E-state index in [1.807, 2.05) is 10.9 Å². The predicted molar refractivity (Wildman–Crippen MR) is 79.3 cm³/mol. The van der Waals surface area contributed by atoms with Crippen LogP contribution in [0.25, 0.3) is 0 Å². The lowest BCUT2D eigenvalue weighted by molar-refractivity contribution is 0.157. The molecule has 4 heteroatoms. The molecule has 2 atom stereocenters. The zero-order chi connectivity index (χ0) is 13.7. The number of piperidine rings is 1. The zero-order valence-electron chi connectivity index (χ0n) is 12.6. The van der Waals surface area contributed by atoms with Crippen LogP contribution in [-0.2, 0) is 6.54 Å². The highest BCUT2D eigenvalue weighted by Gasteiger charge is 2.23. The van der Waals surface area contributed by atoms with Gasteiger partial charge in [0.25, 0.3) is 0 Å². The molecule has 2 heterocycles. The van der Waals surface area contributed by atoms with Gasteiger partial charge < -0.3 is 10.2 Å². The van der Waals surface area contributed by atoms with Crippen molar-refractivity contribution in [2.75, 3.05) is 26.2 Å². The summed E-state index contributed by atoms with van der Waals surface area (Å²) in [6.07, 6.45) is 6.74. The molecule has 0 spiro atoms. The van der Waals surface area contributed by atoms with E-state index in [9.17, 15) is 0 Å². The van der Waals surface area contributed by atoms with Crippen molar-refractivity contribution < 1.29 is 0 Å². The van der Waals surface area contributed by atoms with Gasteiger partial charge in [0.2, 0.25) is 0 Å². The second-order valence-electron chi connectivity index (χ2n) is 5.82. The first kappa shape index (κ1) is 14.5. The first-order chi connectivity index (χ1) is 9.19. The summed E-state index contributed by atoms with van der Waals surface area (Å²) in [6, 6.07) is 0.603. The monoisotopic (exact) mass is 264 g/mol. The van der Waals surface area contributed by atoms with Crippen molar-refractivity contribution in [1.82, 2.24) is 20.0 Å². The molecule has 1 aliphatic rings. The Morgan fingerprint density at radius 2 is 2.37 bits per heavy atom. The molecule has 0 saturated carbocycles. The maximum atomic E-state index is 4.32. The molecule has 1 aromatic heterocycles. The Hall–Kier alpha value is -0.870. The first-order valence-electron chi connectivity index (χ1n) is 7.64. The SMILES string of the molecule is CCN1CCCC(C(C)NCCn2cc(C)cn2)C1. The van der Waals surface area contributed by atoms with Crippen molar-refractivity contribution in [2.24, 2.45) is 5.92 Å². The molecule has 108 valence electrons. The maximum Gasteiger partial charge on any atom is 0.0534 e. The Labute approximate surface area is 117 Å². The summed E-state index contributed by atoms with van der Waals surface area (Å²) >= 11 is 0. The largest absolute Gasteiger partial charge is 0.312 e. The standard InChI is InChI=1S/C15H28N4/c1-4-18-8-5-6-15(12-18)14(3)16-7-9-19-11-13(2)10-17-19/h10-11,14-16H,4-9,12H2,1-3H3. The van der Waals surface area contributed by atoms with Gasteiger partial charge in [0.15, 0.2) is 0 Å². The van der Waals surface area contributed by atoms with Crippen LogP contribution in [0.15, 0.2) is 12.4 Å². The lowest BCUT2D eigenvalue weighted by Crippen LogP contribution is -2.45. The molecular formula is C15H28N4. The summed E-state index contributed by atoms with van der Waals surface area (Å²) < 4.78 is 2.02. The van der Waals surface area contributed by atoms with E-state index in [1.165, 1.54) is 38.0 Å². The summed E-state index contributed by atoms with van der Waals surface area (Å²) in [5.74, 6) is 0.799. The number of hydrogen-bond donors (Lipinski definition) is 1. The zero-order valence-corrected chi connectivity index (χ0v) is 12.6. The van der Waals surface area contributed by atoms with Gasteiger partial charge in [-0.05, 0) is 51.3 Å². The topological polar surface area (TPSA) is 33.1 Å². The van der Waals surface area contributed by atoms with Crippen molar-refractivity contribution in [3.8, 4) is 0 Å². The summed E-state index contributed by atoms with van der Waals surface area (Å²) in [5, 5.41) is 7.99. The van der Waals surface area contributed by atoms with Crippen LogP contribution in [0, 0.1) is 12.8 Å². The van der Waals surface area contributed by atoms with E-state index in [-0.39, 0.29) is 0 Å². The van der Waals surface area contributed by atoms with Gasteiger partial charge in [-0.2, -0.15) is 5.10 Å². The van der Waals surface area contributed by atoms with E-state index in [4.69, 9.17) is 0 Å². The molecule has 1 saturated heterocycles. The van der Waals surface area contributed by atoms with E-state index < -0.39 is 0 Å². The number of hydrogen-bond acceptors (Lipinski definition) is 3. The molecule has 0 aromatic carbocycles. The van der Waals surface area contributed by atoms with Crippen molar-refractivity contribution in [2.45, 2.75) is 46.2 Å². The number of rotatable bonds is 6. The number of nitrogens with zero attached hydrogens (tertiary/aromatic N) is 3. The fourth-order valence-corrected chi connectivity index (χ4v) is 2.95. The Morgan fingerprint density at radius 3 is 3.05 bits per heavy atom. The van der Waals surface area contributed by atoms with Gasteiger partial charge in [-0.15, -0.1) is 0 Å². The van der Waals surface area contributed by atoms with Crippen LogP contribution in [0.2, 0.25) is 0 Å². The van der Waals surface area contributed by atoms with Gasteiger partial charge in [-0.25, -0.2) is 0 Å². The van der Waals surface area contributed by atoms with E-state index in [0.717, 1.165) is 19.0 Å². The third kappa shape index (κ3) is 4.32. The molecule has 1 aliphatic heterocycles. The molecule has 0 radical (unpaired) electrons. The van der Waals surface area contributed by atoms with Gasteiger partial charge in [0.1, 0.15) is 0 Å². The minimum Gasteiger partial charge on any atom is -0.312 e. The van der Waals surface area contributed by atoms with Crippen molar-refractivity contribution in [3.63, 3.8) is 0 Å². The second-order valence-corrected chi connectivity index (χ2v) is 5.82. The first-order valence-corrected chi connectivity index (χ1v) is 7.64. The summed E-state index contributed by atoms with van der Waals surface area (Å²) in [7, 11) is 0. The van der Waals surface area contributed by atoms with Crippen LogP contribution in [-0.4, -0.2) is 46.9 Å². The number of likely N-dealkylation sites (tertiary alicyclic amines) is 1. The Morgan fingerprint density at radius 1 is 1.53 bits per heavy atom. The third-order valence-corrected chi connectivity index (χ3v) is 4.27. The Kier molecular flexibility index (Phi) is 5.40. The van der Waals surface area contributed by atoms with Gasteiger partial charge in [-0.3, -0.25) is 4.68 Å². The van der Waals surface area contributed by atoms with Crippen LogP contribution >= 0.6 is 0 Å². The van der Waals surface area contributed by atoms with E-state index in [0.29, 0.717) is 6.04 Å². The fourth-order valence-electron chi connectivity index (χ4n) is 2.95. The molecule has 2 rings (SSSR count). The number of nitrogens with one attached hydrogen (secondary N) is 1. The highest BCUT2D eigenvalue weighted by atomic mass is 15.3. The lowest BCUT2D eigenvalue weighted by atomic mass is 9.91. The molecule has 1 N–H and O–H groups in total. The summed E-state index contributed by atoms with van der Waals surface area (Å²) in [6.45, 7) is 12.4. The van der Waals surface area contributed by atoms with E-state index in [2.05, 4.69) is 42.3 Å². The average Bonchev–Trinajstić information content (AvgIpc) is 2.84. The number of aromatic nitrogens is 2. The van der Waals surface area contributed by atoms with Crippen LogP contribution in [0.3, 0.4) is 0 Å². The maximum absolute atomic E-state index is 4.32. The molecule has 4 nitrogen and oxygen atoms in total. The van der Waals surface area contributed by atoms with Crippen molar-refractivity contribution >= 4 is 0 Å². The average molecular weight is 264 g/mol. The van der Waals surface area contributed by atoms with Crippen LogP contribution in [0.4, 0.5) is 0 Å². The lowest BCUT2D eigenvalue weighted by Gasteiger charge is -2.35. The summed E-state index contributed by atoms with van der Waals surface area (Å²) in [5.41, 5.74) is 1.24. The van der Waals surface area contributed by atoms with Gasteiger partial charge in [0, 0.05) is 25.3 Å². The Bertz CT molecular complexity index is 374. The normalized spacial score (nSPS) is 22.6. The fraction of sp³-hybridized carbons (Fsp3) is 0.800. The molecule has 19 heavy (non-hydrogen) atoms. The Balaban J connectivity index is 1.70. The highest BCUT2D eigenvalue weighted by molar-refractivity contribution is 4.99. The molecular weight excluding hydrogens is 236 g/mol. The highest BCUT2D eigenvalue weighted by Crippen LogP contribution is 2.19. The third-order valence-electron chi connectivity index (χ3n) is 4.27. The van der Waals surface area contributed by atoms with Crippen molar-refractivity contribution in [3.05, 3.63) is 18.0 Å².